The van der Waals surface area contributed by atoms with E-state index in [0.717, 1.165) is 50.5 Å². The highest BCUT2D eigenvalue weighted by Crippen LogP contribution is 2.32. The standard InChI is InChI=1S/C14H20Cl2N2O/c1-2-19-14-11(9-12(15)10-13(14)16)3-6-18-7-4-17-5-8-18/h9-10,17H,2-8H2,1H3. The van der Waals surface area contributed by atoms with Crippen molar-refractivity contribution in [1.29, 1.82) is 0 Å². The van der Waals surface area contributed by atoms with Crippen molar-refractivity contribution in [2.45, 2.75) is 13.3 Å². The van der Waals surface area contributed by atoms with Gasteiger partial charge in [-0.05, 0) is 31.0 Å². The van der Waals surface area contributed by atoms with Crippen LogP contribution in [0.15, 0.2) is 12.1 Å². The Morgan fingerprint density at radius 2 is 2.00 bits per heavy atom. The van der Waals surface area contributed by atoms with Crippen molar-refractivity contribution < 1.29 is 4.74 Å². The Morgan fingerprint density at radius 1 is 1.26 bits per heavy atom. The van der Waals surface area contributed by atoms with Crippen LogP contribution in [-0.2, 0) is 6.42 Å². The van der Waals surface area contributed by atoms with Gasteiger partial charge < -0.3 is 15.0 Å². The summed E-state index contributed by atoms with van der Waals surface area (Å²) in [5.74, 6) is 0.781. The number of hydrogen-bond acceptors (Lipinski definition) is 3. The second-order valence-corrected chi connectivity index (χ2v) is 5.49. The molecule has 0 spiro atoms. The van der Waals surface area contributed by atoms with E-state index in [0.29, 0.717) is 16.7 Å². The van der Waals surface area contributed by atoms with Crippen molar-refractivity contribution in [3.8, 4) is 5.75 Å². The van der Waals surface area contributed by atoms with E-state index in [4.69, 9.17) is 27.9 Å². The average Bonchev–Trinajstić information content (AvgIpc) is 2.41. The summed E-state index contributed by atoms with van der Waals surface area (Å²) < 4.78 is 5.64. The molecular weight excluding hydrogens is 283 g/mol. The minimum Gasteiger partial charge on any atom is -0.492 e. The molecule has 1 aliphatic rings. The van der Waals surface area contributed by atoms with E-state index in [2.05, 4.69) is 10.2 Å². The van der Waals surface area contributed by atoms with Gasteiger partial charge in [0.1, 0.15) is 5.75 Å². The molecule has 0 radical (unpaired) electrons. The maximum absolute atomic E-state index is 6.20. The summed E-state index contributed by atoms with van der Waals surface area (Å²) in [6.45, 7) is 7.91. The molecule has 2 rings (SSSR count). The topological polar surface area (TPSA) is 24.5 Å². The Hall–Kier alpha value is -0.480. The number of halogens is 2. The van der Waals surface area contributed by atoms with Gasteiger partial charge in [-0.25, -0.2) is 0 Å². The molecule has 1 heterocycles. The highest BCUT2D eigenvalue weighted by atomic mass is 35.5. The first-order valence-electron chi connectivity index (χ1n) is 6.74. The van der Waals surface area contributed by atoms with E-state index in [1.165, 1.54) is 0 Å². The van der Waals surface area contributed by atoms with E-state index in [1.54, 1.807) is 6.07 Å². The number of benzene rings is 1. The molecule has 0 saturated carbocycles. The van der Waals surface area contributed by atoms with Gasteiger partial charge in [-0.3, -0.25) is 0 Å². The lowest BCUT2D eigenvalue weighted by molar-refractivity contribution is 0.242. The fraction of sp³-hybridized carbons (Fsp3) is 0.571. The van der Waals surface area contributed by atoms with Crippen LogP contribution >= 0.6 is 23.2 Å². The first-order valence-corrected chi connectivity index (χ1v) is 7.50. The molecule has 0 atom stereocenters. The number of rotatable bonds is 5. The zero-order valence-corrected chi connectivity index (χ0v) is 12.7. The van der Waals surface area contributed by atoms with Gasteiger partial charge in [0.05, 0.1) is 11.6 Å². The summed E-state index contributed by atoms with van der Waals surface area (Å²) in [5.41, 5.74) is 1.10. The van der Waals surface area contributed by atoms with Crippen LogP contribution in [0.3, 0.4) is 0 Å². The Kier molecular flexibility index (Phi) is 5.76. The maximum Gasteiger partial charge on any atom is 0.141 e. The lowest BCUT2D eigenvalue weighted by Gasteiger charge is -2.27. The van der Waals surface area contributed by atoms with E-state index >= 15 is 0 Å². The van der Waals surface area contributed by atoms with Crippen LogP contribution in [0.2, 0.25) is 10.0 Å². The van der Waals surface area contributed by atoms with Crippen molar-refractivity contribution in [2.75, 3.05) is 39.3 Å². The van der Waals surface area contributed by atoms with Crippen molar-refractivity contribution in [3.63, 3.8) is 0 Å². The monoisotopic (exact) mass is 302 g/mol. The molecule has 1 aromatic carbocycles. The highest BCUT2D eigenvalue weighted by molar-refractivity contribution is 6.35. The number of piperazine rings is 1. The summed E-state index contributed by atoms with van der Waals surface area (Å²) in [7, 11) is 0. The van der Waals surface area contributed by atoms with Crippen LogP contribution < -0.4 is 10.1 Å². The molecule has 1 saturated heterocycles. The van der Waals surface area contributed by atoms with Gasteiger partial charge in [-0.15, -0.1) is 0 Å². The van der Waals surface area contributed by atoms with Gasteiger partial charge in [0.25, 0.3) is 0 Å². The van der Waals surface area contributed by atoms with Gasteiger partial charge in [-0.1, -0.05) is 23.2 Å². The van der Waals surface area contributed by atoms with Crippen LogP contribution in [0.1, 0.15) is 12.5 Å². The minimum absolute atomic E-state index is 0.602. The fourth-order valence-corrected chi connectivity index (χ4v) is 2.91. The SMILES string of the molecule is CCOc1c(Cl)cc(Cl)cc1CCN1CCNCC1. The summed E-state index contributed by atoms with van der Waals surface area (Å²) in [4.78, 5) is 2.45. The lowest BCUT2D eigenvalue weighted by Crippen LogP contribution is -2.44. The van der Waals surface area contributed by atoms with E-state index < -0.39 is 0 Å². The van der Waals surface area contributed by atoms with Gasteiger partial charge >= 0.3 is 0 Å². The molecule has 19 heavy (non-hydrogen) atoms. The molecule has 0 aromatic heterocycles. The minimum atomic E-state index is 0.602. The number of ether oxygens (including phenoxy) is 1. The molecule has 0 aliphatic carbocycles. The van der Waals surface area contributed by atoms with Crippen LogP contribution in [0.5, 0.6) is 5.75 Å². The fourth-order valence-electron chi connectivity index (χ4n) is 2.32. The third kappa shape index (κ3) is 4.25. The van der Waals surface area contributed by atoms with Crippen molar-refractivity contribution in [1.82, 2.24) is 10.2 Å². The lowest BCUT2D eigenvalue weighted by atomic mass is 10.1. The molecule has 1 aliphatic heterocycles. The van der Waals surface area contributed by atoms with E-state index in [-0.39, 0.29) is 0 Å². The van der Waals surface area contributed by atoms with Gasteiger partial charge in [-0.2, -0.15) is 0 Å². The molecule has 0 bridgehead atoms. The Morgan fingerprint density at radius 3 is 2.68 bits per heavy atom. The number of nitrogens with one attached hydrogen (secondary N) is 1. The Labute approximate surface area is 124 Å². The maximum atomic E-state index is 6.20. The molecule has 0 amide bonds. The first-order chi connectivity index (χ1) is 9.20. The van der Waals surface area contributed by atoms with Crippen LogP contribution in [0, 0.1) is 0 Å². The summed E-state index contributed by atoms with van der Waals surface area (Å²) in [6, 6.07) is 3.70. The third-order valence-corrected chi connectivity index (χ3v) is 3.78. The molecule has 0 unspecified atom stereocenters. The van der Waals surface area contributed by atoms with Crippen LogP contribution in [0.4, 0.5) is 0 Å². The Bertz CT molecular complexity index is 420. The molecule has 5 heteroatoms. The molecule has 1 fully saturated rings. The average molecular weight is 303 g/mol. The Balaban J connectivity index is 2.04. The summed E-state index contributed by atoms with van der Waals surface area (Å²) >= 11 is 12.3. The highest BCUT2D eigenvalue weighted by Gasteiger charge is 2.13. The summed E-state index contributed by atoms with van der Waals surface area (Å²) in [5, 5.41) is 4.63. The molecular formula is C14H20Cl2N2O. The largest absolute Gasteiger partial charge is 0.492 e. The normalized spacial score (nSPS) is 16.6. The second kappa shape index (κ2) is 7.34. The van der Waals surface area contributed by atoms with Crippen molar-refractivity contribution in [3.05, 3.63) is 27.7 Å². The quantitative estimate of drug-likeness (QED) is 0.905. The van der Waals surface area contributed by atoms with Crippen LogP contribution in [0.25, 0.3) is 0 Å². The molecule has 3 nitrogen and oxygen atoms in total. The summed E-state index contributed by atoms with van der Waals surface area (Å²) in [6.07, 6.45) is 0.912. The number of nitrogens with zero attached hydrogens (tertiary/aromatic N) is 1. The van der Waals surface area contributed by atoms with E-state index in [1.807, 2.05) is 13.0 Å². The number of hydrogen-bond donors (Lipinski definition) is 1. The molecule has 1 N–H and O–H groups in total. The zero-order valence-electron chi connectivity index (χ0n) is 11.2. The predicted octanol–water partition coefficient (Wildman–Crippen LogP) is 2.84. The van der Waals surface area contributed by atoms with Crippen molar-refractivity contribution in [2.24, 2.45) is 0 Å². The van der Waals surface area contributed by atoms with Gasteiger partial charge in [0.15, 0.2) is 0 Å². The third-order valence-electron chi connectivity index (χ3n) is 3.28. The predicted molar refractivity (Wildman–Crippen MR) is 80.6 cm³/mol. The molecule has 1 aromatic rings. The van der Waals surface area contributed by atoms with Gasteiger partial charge in [0.2, 0.25) is 0 Å². The molecule has 106 valence electrons. The van der Waals surface area contributed by atoms with Gasteiger partial charge in [0, 0.05) is 37.7 Å². The van der Waals surface area contributed by atoms with E-state index in [9.17, 15) is 0 Å². The van der Waals surface area contributed by atoms with Crippen LogP contribution in [-0.4, -0.2) is 44.2 Å². The first kappa shape index (κ1) is 14.9. The second-order valence-electron chi connectivity index (χ2n) is 4.65. The smallest absolute Gasteiger partial charge is 0.141 e. The van der Waals surface area contributed by atoms with Crippen molar-refractivity contribution >= 4 is 23.2 Å². The zero-order chi connectivity index (χ0) is 13.7.